The normalized spacial score (nSPS) is 21.9. The molecule has 0 radical (unpaired) electrons. The second-order valence-corrected chi connectivity index (χ2v) is 5.88. The summed E-state index contributed by atoms with van der Waals surface area (Å²) in [7, 11) is 0. The predicted molar refractivity (Wildman–Crippen MR) is 85.6 cm³/mol. The lowest BCUT2D eigenvalue weighted by molar-refractivity contribution is -0.118. The topological polar surface area (TPSA) is 83.8 Å². The smallest absolute Gasteiger partial charge is 0.342 e. The van der Waals surface area contributed by atoms with Crippen molar-refractivity contribution in [2.24, 2.45) is 0 Å². The number of phenols is 2. The number of hydrogen-bond donors (Lipinski definition) is 2. The maximum Gasteiger partial charge on any atom is 0.342 e. The Kier molecular flexibility index (Phi) is 5.79. The highest BCUT2D eigenvalue weighted by Crippen LogP contribution is 2.29. The molecule has 0 aliphatic carbocycles. The average Bonchev–Trinajstić information content (AvgIpc) is 2.44. The maximum atomic E-state index is 12.3. The second-order valence-electron chi connectivity index (χ2n) is 5.88. The van der Waals surface area contributed by atoms with E-state index in [1.807, 2.05) is 12.2 Å². The number of fused-ring (bicyclic) bond motifs is 1. The van der Waals surface area contributed by atoms with Crippen LogP contribution in [0.1, 0.15) is 54.9 Å². The number of ketones is 1. The molecule has 0 amide bonds. The Labute approximate surface area is 135 Å². The van der Waals surface area contributed by atoms with Gasteiger partial charge in [0.1, 0.15) is 28.9 Å². The first kappa shape index (κ1) is 17.1. The number of esters is 1. The van der Waals surface area contributed by atoms with E-state index in [4.69, 9.17) is 4.74 Å². The van der Waals surface area contributed by atoms with Crippen LogP contribution in [-0.4, -0.2) is 28.1 Å². The number of rotatable bonds is 0. The zero-order valence-corrected chi connectivity index (χ0v) is 13.2. The Hall–Kier alpha value is -2.30. The number of ether oxygens (including phenoxy) is 1. The van der Waals surface area contributed by atoms with Gasteiger partial charge in [0.05, 0.1) is 0 Å². The SMILES string of the molecule is CC1C/C=C\CCCCC(=O)Cc2cc(O)cc(O)c2C(=O)O1. The van der Waals surface area contributed by atoms with Crippen LogP contribution in [-0.2, 0) is 16.0 Å². The molecule has 1 aromatic rings. The van der Waals surface area contributed by atoms with E-state index in [2.05, 4.69) is 0 Å². The molecule has 23 heavy (non-hydrogen) atoms. The average molecular weight is 318 g/mol. The van der Waals surface area contributed by atoms with E-state index in [0.717, 1.165) is 25.3 Å². The maximum absolute atomic E-state index is 12.3. The molecule has 1 heterocycles. The van der Waals surface area contributed by atoms with Gasteiger partial charge in [0.2, 0.25) is 0 Å². The van der Waals surface area contributed by atoms with Crippen LogP contribution in [0, 0.1) is 0 Å². The first-order valence-corrected chi connectivity index (χ1v) is 7.90. The highest BCUT2D eigenvalue weighted by Gasteiger charge is 2.22. The zero-order valence-electron chi connectivity index (χ0n) is 13.2. The van der Waals surface area contributed by atoms with Gasteiger partial charge in [-0.25, -0.2) is 4.79 Å². The van der Waals surface area contributed by atoms with E-state index in [1.165, 1.54) is 6.07 Å². The van der Waals surface area contributed by atoms with Crippen LogP contribution in [0.4, 0.5) is 0 Å². The summed E-state index contributed by atoms with van der Waals surface area (Å²) in [5.74, 6) is -1.26. The van der Waals surface area contributed by atoms with E-state index >= 15 is 0 Å². The van der Waals surface area contributed by atoms with Crippen molar-refractivity contribution in [2.75, 3.05) is 0 Å². The van der Waals surface area contributed by atoms with Gasteiger partial charge in [-0.1, -0.05) is 12.2 Å². The molecule has 0 fully saturated rings. The van der Waals surface area contributed by atoms with Crippen LogP contribution in [0.2, 0.25) is 0 Å². The number of phenolic OH excluding ortho intramolecular Hbond substituents is 2. The number of allylic oxidation sites excluding steroid dienone is 1. The van der Waals surface area contributed by atoms with Gasteiger partial charge in [0.25, 0.3) is 0 Å². The summed E-state index contributed by atoms with van der Waals surface area (Å²) >= 11 is 0. The quantitative estimate of drug-likeness (QED) is 0.566. The van der Waals surface area contributed by atoms with Gasteiger partial charge in [-0.2, -0.15) is 0 Å². The van der Waals surface area contributed by atoms with Crippen molar-refractivity contribution < 1.29 is 24.5 Å². The van der Waals surface area contributed by atoms with Crippen LogP contribution in [0.5, 0.6) is 11.5 Å². The molecule has 1 unspecified atom stereocenters. The lowest BCUT2D eigenvalue weighted by atomic mass is 9.98. The van der Waals surface area contributed by atoms with E-state index < -0.39 is 5.97 Å². The van der Waals surface area contributed by atoms with Crippen molar-refractivity contribution in [3.05, 3.63) is 35.4 Å². The molecule has 5 nitrogen and oxygen atoms in total. The summed E-state index contributed by atoms with van der Waals surface area (Å²) in [6.07, 6.45) is 7.26. The van der Waals surface area contributed by atoms with Crippen molar-refractivity contribution >= 4 is 11.8 Å². The number of cyclic esters (lactones) is 1. The minimum atomic E-state index is -0.678. The number of carbonyl (C=O) groups excluding carboxylic acids is 2. The summed E-state index contributed by atoms with van der Waals surface area (Å²) in [5, 5.41) is 19.6. The molecule has 0 aromatic heterocycles. The van der Waals surface area contributed by atoms with Crippen molar-refractivity contribution in [1.82, 2.24) is 0 Å². The fourth-order valence-electron chi connectivity index (χ4n) is 2.62. The molecule has 1 atom stereocenters. The third-order valence-electron chi connectivity index (χ3n) is 3.80. The number of Topliss-reactive ketones (excluding diaryl/α,β-unsaturated/α-hetero) is 1. The Morgan fingerprint density at radius 2 is 1.91 bits per heavy atom. The molecule has 0 bridgehead atoms. The molecule has 124 valence electrons. The third-order valence-corrected chi connectivity index (χ3v) is 3.80. The largest absolute Gasteiger partial charge is 0.508 e. The van der Waals surface area contributed by atoms with Gasteiger partial charge in [-0.3, -0.25) is 4.79 Å². The predicted octanol–water partition coefficient (Wildman–Crippen LogP) is 3.28. The Morgan fingerprint density at radius 1 is 1.13 bits per heavy atom. The minimum Gasteiger partial charge on any atom is -0.508 e. The summed E-state index contributed by atoms with van der Waals surface area (Å²) in [5.41, 5.74) is 0.265. The Balaban J connectivity index is 2.34. The van der Waals surface area contributed by atoms with E-state index in [-0.39, 0.29) is 35.4 Å². The van der Waals surface area contributed by atoms with E-state index in [0.29, 0.717) is 18.4 Å². The third kappa shape index (κ3) is 4.84. The zero-order chi connectivity index (χ0) is 16.8. The molecular formula is C18H22O5. The van der Waals surface area contributed by atoms with Gasteiger partial charge in [-0.05, 0) is 37.8 Å². The summed E-state index contributed by atoms with van der Waals surface area (Å²) in [4.78, 5) is 24.4. The number of hydrogen-bond acceptors (Lipinski definition) is 5. The molecule has 5 heteroatoms. The van der Waals surface area contributed by atoms with Crippen molar-refractivity contribution in [3.8, 4) is 11.5 Å². The molecule has 0 spiro atoms. The van der Waals surface area contributed by atoms with Gasteiger partial charge in [-0.15, -0.1) is 0 Å². The molecule has 1 aliphatic rings. The van der Waals surface area contributed by atoms with Crippen molar-refractivity contribution in [3.63, 3.8) is 0 Å². The van der Waals surface area contributed by atoms with Gasteiger partial charge < -0.3 is 14.9 Å². The lowest BCUT2D eigenvalue weighted by Gasteiger charge is -2.15. The molecule has 2 rings (SSSR count). The fraction of sp³-hybridized carbons (Fsp3) is 0.444. The van der Waals surface area contributed by atoms with Crippen LogP contribution in [0.25, 0.3) is 0 Å². The van der Waals surface area contributed by atoms with Crippen molar-refractivity contribution in [2.45, 2.75) is 51.6 Å². The van der Waals surface area contributed by atoms with Crippen LogP contribution in [0.3, 0.4) is 0 Å². The Bertz CT molecular complexity index is 618. The first-order chi connectivity index (χ1) is 11.0. The van der Waals surface area contributed by atoms with Gasteiger partial charge in [0, 0.05) is 25.3 Å². The van der Waals surface area contributed by atoms with Crippen LogP contribution >= 0.6 is 0 Å². The first-order valence-electron chi connectivity index (χ1n) is 7.90. The standard InChI is InChI=1S/C18H22O5/c1-12-7-5-3-2-4-6-8-14(19)9-13-10-15(20)11-16(21)17(13)18(22)23-12/h3,5,10-12,20-21H,2,4,6-9H2,1H3/b5-3-. The molecule has 1 aliphatic heterocycles. The molecule has 0 saturated heterocycles. The van der Waals surface area contributed by atoms with Crippen LogP contribution < -0.4 is 0 Å². The summed E-state index contributed by atoms with van der Waals surface area (Å²) in [6, 6.07) is 2.42. The monoisotopic (exact) mass is 318 g/mol. The molecule has 0 saturated carbocycles. The van der Waals surface area contributed by atoms with E-state index in [9.17, 15) is 19.8 Å². The minimum absolute atomic E-state index is 0.00336. The van der Waals surface area contributed by atoms with E-state index in [1.54, 1.807) is 6.92 Å². The number of carbonyl (C=O) groups is 2. The summed E-state index contributed by atoms with van der Waals surface area (Å²) in [6.45, 7) is 1.77. The van der Waals surface area contributed by atoms with Gasteiger partial charge >= 0.3 is 5.97 Å². The highest BCUT2D eigenvalue weighted by atomic mass is 16.5. The molecule has 2 N–H and O–H groups in total. The van der Waals surface area contributed by atoms with Crippen molar-refractivity contribution in [1.29, 1.82) is 0 Å². The number of benzene rings is 1. The fourth-order valence-corrected chi connectivity index (χ4v) is 2.62. The highest BCUT2D eigenvalue weighted by molar-refractivity contribution is 5.96. The van der Waals surface area contributed by atoms with Gasteiger partial charge in [0.15, 0.2) is 0 Å². The lowest BCUT2D eigenvalue weighted by Crippen LogP contribution is -2.17. The molecule has 1 aromatic carbocycles. The number of aromatic hydroxyl groups is 2. The molecular weight excluding hydrogens is 296 g/mol. The van der Waals surface area contributed by atoms with Crippen LogP contribution in [0.15, 0.2) is 24.3 Å². The summed E-state index contributed by atoms with van der Waals surface area (Å²) < 4.78 is 5.33. The Morgan fingerprint density at radius 3 is 2.70 bits per heavy atom. The second kappa shape index (κ2) is 7.81.